The quantitative estimate of drug-likeness (QED) is 0.412. The van der Waals surface area contributed by atoms with Crippen LogP contribution in [0.25, 0.3) is 0 Å². The van der Waals surface area contributed by atoms with Gasteiger partial charge in [-0.2, -0.15) is 0 Å². The highest BCUT2D eigenvalue weighted by molar-refractivity contribution is 5.07. The Morgan fingerprint density at radius 3 is 2.36 bits per heavy atom. The number of hydrogen-bond donors (Lipinski definition) is 0. The molecule has 0 aliphatic carbocycles. The Kier molecular flexibility index (Phi) is 1.46. The predicted octanol–water partition coefficient (Wildman–Crippen LogP) is -0.774. The molecule has 0 bridgehead atoms. The fourth-order valence-electron chi connectivity index (χ4n) is 0.409. The summed E-state index contributed by atoms with van der Waals surface area (Å²) in [6, 6.07) is 0. The predicted molar refractivity (Wildman–Crippen MR) is 29.1 cm³/mol. The second-order valence-corrected chi connectivity index (χ2v) is 1.47. The average Bonchev–Trinajstić information content (AvgIpc) is 2.33. The maximum absolute atomic E-state index is 9.90. The van der Waals surface area contributed by atoms with Crippen LogP contribution in [0, 0.1) is 20.2 Å². The maximum atomic E-state index is 9.90. The lowest BCUT2D eigenvalue weighted by molar-refractivity contribution is -0.565. The molecule has 1 aromatic heterocycles. The van der Waals surface area contributed by atoms with Gasteiger partial charge in [-0.15, -0.1) is 0 Å². The molecule has 9 nitrogen and oxygen atoms in total. The van der Waals surface area contributed by atoms with Crippen LogP contribution in [0.5, 0.6) is 0 Å². The van der Waals surface area contributed by atoms with Crippen LogP contribution in [0.4, 0.5) is 5.82 Å². The zero-order valence-electron chi connectivity index (χ0n) is 4.95. The van der Waals surface area contributed by atoms with Crippen molar-refractivity contribution in [1.82, 2.24) is 15.1 Å². The van der Waals surface area contributed by atoms with Crippen LogP contribution < -0.4 is 0 Å². The lowest BCUT2D eigenvalue weighted by Crippen LogP contribution is -2.12. The van der Waals surface area contributed by atoms with Crippen molar-refractivity contribution >= 4 is 5.82 Å². The summed E-state index contributed by atoms with van der Waals surface area (Å²) in [5.74, 6) is -0.651. The first kappa shape index (κ1) is 7.05. The fraction of sp³-hybridized carbons (Fsp3) is 0. The molecule has 0 aromatic carbocycles. The van der Waals surface area contributed by atoms with Gasteiger partial charge in [-0.3, -0.25) is 0 Å². The molecule has 0 fully saturated rings. The van der Waals surface area contributed by atoms with Gasteiger partial charge in [-0.05, 0) is 4.92 Å². The van der Waals surface area contributed by atoms with Gasteiger partial charge in [0.1, 0.15) is 4.91 Å². The molecule has 0 spiro atoms. The van der Waals surface area contributed by atoms with E-state index in [1.807, 2.05) is 0 Å². The number of aromatic nitrogens is 3. The van der Waals surface area contributed by atoms with E-state index in [1.54, 1.807) is 0 Å². The normalized spacial score (nSPS) is 9.45. The average molecular weight is 159 g/mol. The van der Waals surface area contributed by atoms with Gasteiger partial charge in [0.05, 0.1) is 5.10 Å². The minimum Gasteiger partial charge on any atom is -0.372 e. The van der Waals surface area contributed by atoms with Crippen LogP contribution in [0.1, 0.15) is 0 Å². The highest BCUT2D eigenvalue weighted by Crippen LogP contribution is 2.00. The Balaban J connectivity index is 2.99. The van der Waals surface area contributed by atoms with E-state index in [9.17, 15) is 20.2 Å². The molecule has 0 amide bonds. The molecule has 0 atom stereocenters. The summed E-state index contributed by atoms with van der Waals surface area (Å²) in [6.45, 7) is 0. The monoisotopic (exact) mass is 159 g/mol. The molecule has 1 aromatic rings. The minimum absolute atomic E-state index is 0.0259. The summed E-state index contributed by atoms with van der Waals surface area (Å²) < 4.78 is 0. The SMILES string of the molecule is O=[N+]([O-])c1cnn([N+](=O)[O-])n1. The van der Waals surface area contributed by atoms with Gasteiger partial charge < -0.3 is 20.2 Å². The van der Waals surface area contributed by atoms with Crippen molar-refractivity contribution in [3.63, 3.8) is 0 Å². The van der Waals surface area contributed by atoms with Crippen LogP contribution in [-0.2, 0) is 0 Å². The Labute approximate surface area is 58.5 Å². The van der Waals surface area contributed by atoms with Gasteiger partial charge in [0.25, 0.3) is 0 Å². The molecular formula is C2HN5O4. The topological polar surface area (TPSA) is 117 Å². The molecule has 0 saturated heterocycles. The summed E-state index contributed by atoms with van der Waals surface area (Å²) in [5.41, 5.74) is 0. The molecule has 1 heterocycles. The van der Waals surface area contributed by atoms with E-state index in [2.05, 4.69) is 10.2 Å². The number of nitrogens with zero attached hydrogens (tertiary/aromatic N) is 5. The zero-order chi connectivity index (χ0) is 8.43. The second kappa shape index (κ2) is 2.28. The third-order valence-corrected chi connectivity index (χ3v) is 0.802. The van der Waals surface area contributed by atoms with E-state index in [0.29, 0.717) is 6.20 Å². The summed E-state index contributed by atoms with van der Waals surface area (Å²) in [4.78, 5) is 18.9. The molecule has 0 saturated carbocycles. The Bertz CT molecular complexity index is 275. The van der Waals surface area contributed by atoms with Gasteiger partial charge in [-0.1, -0.05) is 0 Å². The highest BCUT2D eigenvalue weighted by atomic mass is 16.7. The van der Waals surface area contributed by atoms with E-state index in [0.717, 1.165) is 0 Å². The Morgan fingerprint density at radius 2 is 2.09 bits per heavy atom. The maximum Gasteiger partial charge on any atom is 0.394 e. The van der Waals surface area contributed by atoms with Crippen LogP contribution in [0.15, 0.2) is 6.20 Å². The molecule has 0 unspecified atom stereocenters. The van der Waals surface area contributed by atoms with E-state index >= 15 is 0 Å². The molecule has 0 N–H and O–H groups in total. The third kappa shape index (κ3) is 1.26. The molecular weight excluding hydrogens is 158 g/mol. The van der Waals surface area contributed by atoms with Crippen molar-refractivity contribution in [2.75, 3.05) is 0 Å². The molecule has 0 aliphatic heterocycles. The molecule has 0 radical (unpaired) electrons. The van der Waals surface area contributed by atoms with Crippen LogP contribution in [0.3, 0.4) is 0 Å². The van der Waals surface area contributed by atoms with Gasteiger partial charge in [-0.25, -0.2) is 0 Å². The smallest absolute Gasteiger partial charge is 0.372 e. The molecule has 58 valence electrons. The van der Waals surface area contributed by atoms with E-state index in [-0.39, 0.29) is 4.91 Å². The van der Waals surface area contributed by atoms with Crippen LogP contribution in [-0.4, -0.2) is 25.1 Å². The Morgan fingerprint density at radius 1 is 1.45 bits per heavy atom. The van der Waals surface area contributed by atoms with Gasteiger partial charge in [0, 0.05) is 10.1 Å². The number of rotatable bonds is 2. The Hall–Kier alpha value is -2.06. The largest absolute Gasteiger partial charge is 0.394 e. The number of nitro groups is 2. The first-order valence-electron chi connectivity index (χ1n) is 2.32. The van der Waals surface area contributed by atoms with E-state index < -0.39 is 15.8 Å². The van der Waals surface area contributed by atoms with Crippen molar-refractivity contribution < 1.29 is 9.96 Å². The fourth-order valence-corrected chi connectivity index (χ4v) is 0.409. The second-order valence-electron chi connectivity index (χ2n) is 1.47. The first-order valence-corrected chi connectivity index (χ1v) is 2.32. The van der Waals surface area contributed by atoms with Gasteiger partial charge in [0.15, 0.2) is 0 Å². The summed E-state index contributed by atoms with van der Waals surface area (Å²) in [7, 11) is 0. The highest BCUT2D eigenvalue weighted by Gasteiger charge is 2.14. The molecule has 0 aliphatic rings. The van der Waals surface area contributed by atoms with Crippen LogP contribution >= 0.6 is 0 Å². The zero-order valence-corrected chi connectivity index (χ0v) is 4.95. The molecule has 1 rings (SSSR count). The summed E-state index contributed by atoms with van der Waals surface area (Å²) in [5, 5.41) is 24.7. The van der Waals surface area contributed by atoms with Crippen molar-refractivity contribution in [2.24, 2.45) is 0 Å². The first-order chi connectivity index (χ1) is 5.11. The summed E-state index contributed by atoms with van der Waals surface area (Å²) in [6.07, 6.45) is 0.697. The van der Waals surface area contributed by atoms with Crippen molar-refractivity contribution in [1.29, 1.82) is 0 Å². The van der Waals surface area contributed by atoms with Gasteiger partial charge >= 0.3 is 5.82 Å². The van der Waals surface area contributed by atoms with Crippen LogP contribution in [0.2, 0.25) is 0 Å². The molecule has 11 heavy (non-hydrogen) atoms. The van der Waals surface area contributed by atoms with E-state index in [1.165, 1.54) is 0 Å². The minimum atomic E-state index is -0.979. The van der Waals surface area contributed by atoms with Gasteiger partial charge in [0.2, 0.25) is 6.20 Å². The lowest BCUT2D eigenvalue weighted by Gasteiger charge is -1.86. The third-order valence-electron chi connectivity index (χ3n) is 0.802. The van der Waals surface area contributed by atoms with Crippen molar-refractivity contribution in [3.8, 4) is 0 Å². The lowest BCUT2D eigenvalue weighted by atomic mass is 10.8. The molecule has 9 heteroatoms. The van der Waals surface area contributed by atoms with E-state index in [4.69, 9.17) is 0 Å². The number of hydrogen-bond acceptors (Lipinski definition) is 6. The van der Waals surface area contributed by atoms with Crippen molar-refractivity contribution in [3.05, 3.63) is 26.4 Å². The van der Waals surface area contributed by atoms with Crippen molar-refractivity contribution in [2.45, 2.75) is 0 Å². The standard InChI is InChI=1S/C2HN5O4/c8-5(9)2-1-3-6(4-2)7(10)11/h1H. The summed E-state index contributed by atoms with van der Waals surface area (Å²) >= 11 is 0.